The Morgan fingerprint density at radius 2 is 1.81 bits per heavy atom. The predicted molar refractivity (Wildman–Crippen MR) is 82.3 cm³/mol. The van der Waals surface area contributed by atoms with Crippen molar-refractivity contribution in [2.45, 2.75) is 33.1 Å². The van der Waals surface area contributed by atoms with Crippen LogP contribution in [0.15, 0.2) is 41.2 Å². The van der Waals surface area contributed by atoms with Crippen molar-refractivity contribution < 1.29 is 9.90 Å². The molecule has 0 unspecified atom stereocenters. The van der Waals surface area contributed by atoms with Gasteiger partial charge in [-0.3, -0.25) is 9.36 Å². The number of unbranched alkanes of at least 4 members (excludes halogenated alkanes) is 1. The minimum absolute atomic E-state index is 0.212. The van der Waals surface area contributed by atoms with E-state index >= 15 is 0 Å². The molecule has 0 saturated carbocycles. The molecular weight excluding hydrogens is 266 g/mol. The molecule has 1 N–H and O–H groups in total. The third kappa shape index (κ3) is 3.21. The smallest absolute Gasteiger partial charge is 0.341 e. The second kappa shape index (κ2) is 6.39. The SMILES string of the molecule is CCCCc1ccc(-n2c(C)ccc(C(=O)O)c2=O)cc1. The maximum absolute atomic E-state index is 12.3. The van der Waals surface area contributed by atoms with E-state index in [4.69, 9.17) is 5.11 Å². The summed E-state index contributed by atoms with van der Waals surface area (Å²) in [7, 11) is 0. The van der Waals surface area contributed by atoms with Crippen LogP contribution in [-0.4, -0.2) is 15.6 Å². The van der Waals surface area contributed by atoms with Gasteiger partial charge in [-0.15, -0.1) is 0 Å². The standard InChI is InChI=1S/C17H19NO3/c1-3-4-5-13-7-9-14(10-8-13)18-12(2)6-11-15(16(18)19)17(20)21/h6-11H,3-5H2,1-2H3,(H,20,21). The number of carboxylic acids is 1. The van der Waals surface area contributed by atoms with Gasteiger partial charge in [-0.25, -0.2) is 4.79 Å². The van der Waals surface area contributed by atoms with E-state index in [0.717, 1.165) is 19.3 Å². The number of aromatic carboxylic acids is 1. The van der Waals surface area contributed by atoms with Gasteiger partial charge < -0.3 is 5.11 Å². The minimum atomic E-state index is -1.20. The number of carbonyl (C=O) groups is 1. The zero-order valence-corrected chi connectivity index (χ0v) is 12.3. The van der Waals surface area contributed by atoms with Crippen LogP contribution in [0.3, 0.4) is 0 Å². The van der Waals surface area contributed by atoms with E-state index in [9.17, 15) is 9.59 Å². The first kappa shape index (κ1) is 15.0. The number of rotatable bonds is 5. The van der Waals surface area contributed by atoms with Gasteiger partial charge in [0.2, 0.25) is 0 Å². The van der Waals surface area contributed by atoms with E-state index < -0.39 is 11.5 Å². The highest BCUT2D eigenvalue weighted by atomic mass is 16.4. The van der Waals surface area contributed by atoms with Crippen LogP contribution >= 0.6 is 0 Å². The predicted octanol–water partition coefficient (Wildman–Crippen LogP) is 3.19. The van der Waals surface area contributed by atoms with Crippen molar-refractivity contribution in [1.29, 1.82) is 0 Å². The van der Waals surface area contributed by atoms with E-state index in [2.05, 4.69) is 6.92 Å². The second-order valence-corrected chi connectivity index (χ2v) is 5.10. The molecule has 110 valence electrons. The molecule has 0 atom stereocenters. The molecule has 0 radical (unpaired) electrons. The molecule has 2 aromatic rings. The Kier molecular flexibility index (Phi) is 4.58. The lowest BCUT2D eigenvalue weighted by Gasteiger charge is -2.11. The Labute approximate surface area is 123 Å². The lowest BCUT2D eigenvalue weighted by molar-refractivity contribution is 0.0694. The zero-order chi connectivity index (χ0) is 15.4. The number of nitrogens with zero attached hydrogens (tertiary/aromatic N) is 1. The third-order valence-electron chi connectivity index (χ3n) is 3.52. The summed E-state index contributed by atoms with van der Waals surface area (Å²) in [4.78, 5) is 23.3. The summed E-state index contributed by atoms with van der Waals surface area (Å²) in [5.41, 5.74) is 1.92. The molecule has 0 aliphatic rings. The molecule has 0 amide bonds. The van der Waals surface area contributed by atoms with Crippen LogP contribution in [0.5, 0.6) is 0 Å². The summed E-state index contributed by atoms with van der Waals surface area (Å²) in [5, 5.41) is 9.06. The van der Waals surface area contributed by atoms with Gasteiger partial charge in [-0.2, -0.15) is 0 Å². The number of aryl methyl sites for hydroxylation is 2. The molecular formula is C17H19NO3. The van der Waals surface area contributed by atoms with Crippen LogP contribution in [0.1, 0.15) is 41.4 Å². The summed E-state index contributed by atoms with van der Waals surface area (Å²) in [6, 6.07) is 10.7. The Morgan fingerprint density at radius 1 is 1.14 bits per heavy atom. The van der Waals surface area contributed by atoms with Crippen molar-refractivity contribution in [2.24, 2.45) is 0 Å². The molecule has 21 heavy (non-hydrogen) atoms. The Hall–Kier alpha value is -2.36. The topological polar surface area (TPSA) is 59.3 Å². The lowest BCUT2D eigenvalue weighted by atomic mass is 10.1. The minimum Gasteiger partial charge on any atom is -0.477 e. The molecule has 2 rings (SSSR count). The molecule has 0 fully saturated rings. The third-order valence-corrected chi connectivity index (χ3v) is 3.52. The molecule has 1 aromatic carbocycles. The van der Waals surface area contributed by atoms with E-state index in [-0.39, 0.29) is 5.56 Å². The largest absolute Gasteiger partial charge is 0.477 e. The van der Waals surface area contributed by atoms with Crippen LogP contribution < -0.4 is 5.56 Å². The number of carboxylic acid groups (broad SMARTS) is 1. The van der Waals surface area contributed by atoms with Gasteiger partial charge in [0.1, 0.15) is 5.56 Å². The molecule has 4 nitrogen and oxygen atoms in total. The van der Waals surface area contributed by atoms with Gasteiger partial charge in [-0.1, -0.05) is 25.5 Å². The Morgan fingerprint density at radius 3 is 2.38 bits per heavy atom. The maximum atomic E-state index is 12.3. The fourth-order valence-electron chi connectivity index (χ4n) is 2.31. The van der Waals surface area contributed by atoms with Crippen molar-refractivity contribution in [2.75, 3.05) is 0 Å². The summed E-state index contributed by atoms with van der Waals surface area (Å²) >= 11 is 0. The number of aromatic nitrogens is 1. The zero-order valence-electron chi connectivity index (χ0n) is 12.3. The first-order valence-corrected chi connectivity index (χ1v) is 7.10. The summed E-state index contributed by atoms with van der Waals surface area (Å²) < 4.78 is 1.44. The molecule has 0 spiro atoms. The van der Waals surface area contributed by atoms with Gasteiger partial charge >= 0.3 is 5.97 Å². The molecule has 1 aromatic heterocycles. The number of pyridine rings is 1. The summed E-state index contributed by atoms with van der Waals surface area (Å²) in [5.74, 6) is -1.20. The molecule has 0 bridgehead atoms. The van der Waals surface area contributed by atoms with Gasteiger partial charge in [0.15, 0.2) is 0 Å². The van der Waals surface area contributed by atoms with Gasteiger partial charge in [-0.05, 0) is 49.6 Å². The summed E-state index contributed by atoms with van der Waals surface area (Å²) in [6.07, 6.45) is 3.29. The lowest BCUT2D eigenvalue weighted by Crippen LogP contribution is -2.26. The quantitative estimate of drug-likeness (QED) is 0.917. The molecule has 4 heteroatoms. The second-order valence-electron chi connectivity index (χ2n) is 5.10. The monoisotopic (exact) mass is 285 g/mol. The van der Waals surface area contributed by atoms with Crippen molar-refractivity contribution >= 4 is 5.97 Å². The molecule has 1 heterocycles. The summed E-state index contributed by atoms with van der Waals surface area (Å²) in [6.45, 7) is 3.94. The first-order chi connectivity index (χ1) is 10.0. The van der Waals surface area contributed by atoms with Crippen LogP contribution in [0.2, 0.25) is 0 Å². The van der Waals surface area contributed by atoms with E-state index in [1.54, 1.807) is 13.0 Å². The molecule has 0 aliphatic carbocycles. The first-order valence-electron chi connectivity index (χ1n) is 7.10. The van der Waals surface area contributed by atoms with Crippen molar-refractivity contribution in [3.8, 4) is 5.69 Å². The van der Waals surface area contributed by atoms with Crippen LogP contribution in [0.25, 0.3) is 5.69 Å². The van der Waals surface area contributed by atoms with Crippen molar-refractivity contribution in [1.82, 2.24) is 4.57 Å². The van der Waals surface area contributed by atoms with E-state index in [1.165, 1.54) is 16.2 Å². The normalized spacial score (nSPS) is 10.6. The van der Waals surface area contributed by atoms with E-state index in [0.29, 0.717) is 11.4 Å². The highest BCUT2D eigenvalue weighted by molar-refractivity contribution is 5.87. The highest BCUT2D eigenvalue weighted by Crippen LogP contribution is 2.13. The van der Waals surface area contributed by atoms with Crippen molar-refractivity contribution in [3.63, 3.8) is 0 Å². The number of benzene rings is 1. The van der Waals surface area contributed by atoms with Gasteiger partial charge in [0.05, 0.1) is 0 Å². The van der Waals surface area contributed by atoms with Gasteiger partial charge in [0.25, 0.3) is 5.56 Å². The fourth-order valence-corrected chi connectivity index (χ4v) is 2.31. The fraction of sp³-hybridized carbons (Fsp3) is 0.294. The highest BCUT2D eigenvalue weighted by Gasteiger charge is 2.13. The maximum Gasteiger partial charge on any atom is 0.341 e. The molecule has 0 aliphatic heterocycles. The van der Waals surface area contributed by atoms with Gasteiger partial charge in [0, 0.05) is 11.4 Å². The average Bonchev–Trinajstić information content (AvgIpc) is 2.46. The Bertz CT molecular complexity index is 699. The van der Waals surface area contributed by atoms with Crippen molar-refractivity contribution in [3.05, 3.63) is 63.6 Å². The number of hydrogen-bond donors (Lipinski definition) is 1. The van der Waals surface area contributed by atoms with Crippen LogP contribution in [0.4, 0.5) is 0 Å². The Balaban J connectivity index is 2.44. The number of hydrogen-bond acceptors (Lipinski definition) is 2. The van der Waals surface area contributed by atoms with Crippen LogP contribution in [0, 0.1) is 6.92 Å². The van der Waals surface area contributed by atoms with E-state index in [1.807, 2.05) is 24.3 Å². The average molecular weight is 285 g/mol. The molecule has 0 saturated heterocycles. The van der Waals surface area contributed by atoms with Crippen LogP contribution in [-0.2, 0) is 6.42 Å².